The average molecular weight is 486 g/mol. The molecule has 0 aliphatic carbocycles. The van der Waals surface area contributed by atoms with Crippen molar-refractivity contribution in [3.8, 4) is 28.5 Å². The van der Waals surface area contributed by atoms with Crippen molar-refractivity contribution in [2.45, 2.75) is 5.92 Å². The molecule has 6 rings (SSSR count). The topological polar surface area (TPSA) is 89.3 Å². The summed E-state index contributed by atoms with van der Waals surface area (Å²) in [5.41, 5.74) is 5.19. The molecule has 0 atom stereocenters. The number of hydrogen-bond donors (Lipinski definition) is 1. The predicted molar refractivity (Wildman–Crippen MR) is 134 cm³/mol. The third-order valence-electron chi connectivity index (χ3n) is 6.47. The summed E-state index contributed by atoms with van der Waals surface area (Å²) in [5.74, 6) is 0.628. The molecule has 5 aromatic rings. The van der Waals surface area contributed by atoms with Gasteiger partial charge in [0.2, 0.25) is 0 Å². The Morgan fingerprint density at radius 3 is 2.75 bits per heavy atom. The summed E-state index contributed by atoms with van der Waals surface area (Å²) in [5, 5.41) is 12.0. The van der Waals surface area contributed by atoms with Crippen LogP contribution >= 0.6 is 0 Å². The zero-order valence-corrected chi connectivity index (χ0v) is 19.6. The van der Waals surface area contributed by atoms with Crippen LogP contribution in [0.1, 0.15) is 11.5 Å². The van der Waals surface area contributed by atoms with Gasteiger partial charge in [-0.1, -0.05) is 23.4 Å². The van der Waals surface area contributed by atoms with Gasteiger partial charge in [0, 0.05) is 67.3 Å². The molecule has 182 valence electrons. The fourth-order valence-corrected chi connectivity index (χ4v) is 4.44. The Labute approximate surface area is 206 Å². The maximum absolute atomic E-state index is 14.6. The minimum absolute atomic E-state index is 0.141. The van der Waals surface area contributed by atoms with Crippen LogP contribution in [0.25, 0.3) is 33.6 Å². The monoisotopic (exact) mass is 485 g/mol. The van der Waals surface area contributed by atoms with Gasteiger partial charge >= 0.3 is 0 Å². The first kappa shape index (κ1) is 22.2. The summed E-state index contributed by atoms with van der Waals surface area (Å²) in [7, 11) is 1.57. The summed E-state index contributed by atoms with van der Waals surface area (Å²) in [6.45, 7) is 2.58. The van der Waals surface area contributed by atoms with E-state index < -0.39 is 5.82 Å². The number of pyridine rings is 1. The van der Waals surface area contributed by atoms with Crippen LogP contribution < -0.4 is 9.64 Å². The Hall–Kier alpha value is -4.24. The molecule has 36 heavy (non-hydrogen) atoms. The quantitative estimate of drug-likeness (QED) is 0.308. The van der Waals surface area contributed by atoms with Gasteiger partial charge in [0.1, 0.15) is 18.0 Å². The molecule has 0 amide bonds. The summed E-state index contributed by atoms with van der Waals surface area (Å²) < 4.78 is 30.5. The maximum atomic E-state index is 14.6. The minimum atomic E-state index is -0.478. The van der Waals surface area contributed by atoms with E-state index in [1.165, 1.54) is 17.3 Å². The molecule has 1 fully saturated rings. The first-order valence-electron chi connectivity index (χ1n) is 11.7. The molecule has 0 radical (unpaired) electrons. The summed E-state index contributed by atoms with van der Waals surface area (Å²) in [6, 6.07) is 17.1. The van der Waals surface area contributed by atoms with E-state index >= 15 is 0 Å². The SMILES string of the molecule is COCCOc1cc2[nH]nc(-c3cc(-c4ccc(N5CC(c6cccnc6)C5)cc4)no3)c2cc1F. The zero-order valence-electron chi connectivity index (χ0n) is 19.6. The van der Waals surface area contributed by atoms with E-state index in [9.17, 15) is 4.39 Å². The standard InChI is InChI=1S/C27H24FN5O3/c1-34-9-10-35-25-13-24-21(11-22(25)28)27(31-30-24)26-12-23(32-36-26)17-4-6-20(7-5-17)33-15-19(16-33)18-3-2-8-29-14-18/h2-8,11-14,19H,9-10,15-16H2,1H3,(H,30,31). The number of anilines is 1. The maximum Gasteiger partial charge on any atom is 0.188 e. The van der Waals surface area contributed by atoms with Gasteiger partial charge in [0.05, 0.1) is 12.1 Å². The van der Waals surface area contributed by atoms with Gasteiger partial charge in [0.15, 0.2) is 17.3 Å². The number of benzene rings is 2. The molecule has 0 bridgehead atoms. The summed E-state index contributed by atoms with van der Waals surface area (Å²) in [6.07, 6.45) is 3.75. The summed E-state index contributed by atoms with van der Waals surface area (Å²) in [4.78, 5) is 6.56. The third kappa shape index (κ3) is 4.18. The largest absolute Gasteiger partial charge is 0.488 e. The number of aromatic amines is 1. The number of methoxy groups -OCH3 is 1. The van der Waals surface area contributed by atoms with E-state index in [1.807, 2.05) is 30.5 Å². The fraction of sp³-hybridized carbons (Fsp3) is 0.222. The van der Waals surface area contributed by atoms with Crippen LogP contribution in [0.2, 0.25) is 0 Å². The van der Waals surface area contributed by atoms with Crippen molar-refractivity contribution < 1.29 is 18.4 Å². The molecular weight excluding hydrogens is 461 g/mol. The van der Waals surface area contributed by atoms with E-state index in [0.717, 1.165) is 18.7 Å². The second-order valence-electron chi connectivity index (χ2n) is 8.75. The van der Waals surface area contributed by atoms with Crippen molar-refractivity contribution in [2.75, 3.05) is 38.3 Å². The number of H-pyrrole nitrogens is 1. The number of ether oxygens (including phenoxy) is 2. The van der Waals surface area contributed by atoms with Crippen LogP contribution in [0.5, 0.6) is 5.75 Å². The van der Waals surface area contributed by atoms with E-state index in [2.05, 4.69) is 43.4 Å². The van der Waals surface area contributed by atoms with Gasteiger partial charge in [-0.15, -0.1) is 0 Å². The molecule has 0 spiro atoms. The van der Waals surface area contributed by atoms with Crippen LogP contribution in [-0.4, -0.2) is 53.8 Å². The Morgan fingerprint density at radius 1 is 1.11 bits per heavy atom. The van der Waals surface area contributed by atoms with E-state index in [-0.39, 0.29) is 12.4 Å². The Kier molecular flexibility index (Phi) is 5.82. The number of nitrogens with one attached hydrogen (secondary N) is 1. The van der Waals surface area contributed by atoms with Gasteiger partial charge in [-0.25, -0.2) is 4.39 Å². The van der Waals surface area contributed by atoms with Crippen LogP contribution in [0.4, 0.5) is 10.1 Å². The van der Waals surface area contributed by atoms with Gasteiger partial charge in [-0.3, -0.25) is 10.1 Å². The molecule has 1 N–H and O–H groups in total. The van der Waals surface area contributed by atoms with Crippen molar-refractivity contribution >= 4 is 16.6 Å². The highest BCUT2D eigenvalue weighted by atomic mass is 19.1. The van der Waals surface area contributed by atoms with Crippen LogP contribution in [-0.2, 0) is 4.74 Å². The Balaban J connectivity index is 1.17. The van der Waals surface area contributed by atoms with E-state index in [0.29, 0.717) is 40.6 Å². The Morgan fingerprint density at radius 2 is 1.97 bits per heavy atom. The highest BCUT2D eigenvalue weighted by molar-refractivity contribution is 5.93. The number of halogens is 1. The lowest BCUT2D eigenvalue weighted by Crippen LogP contribution is -2.45. The molecule has 9 heteroatoms. The predicted octanol–water partition coefficient (Wildman–Crippen LogP) is 5.05. The van der Waals surface area contributed by atoms with Crippen molar-refractivity contribution in [3.05, 3.63) is 78.4 Å². The third-order valence-corrected chi connectivity index (χ3v) is 6.47. The van der Waals surface area contributed by atoms with Crippen LogP contribution in [0.15, 0.2) is 71.5 Å². The van der Waals surface area contributed by atoms with Gasteiger partial charge in [-0.05, 0) is 29.8 Å². The molecule has 2 aromatic carbocycles. The van der Waals surface area contributed by atoms with Crippen molar-refractivity contribution in [2.24, 2.45) is 0 Å². The number of fused-ring (bicyclic) bond motifs is 1. The van der Waals surface area contributed by atoms with Crippen molar-refractivity contribution in [1.82, 2.24) is 20.3 Å². The molecule has 1 aliphatic heterocycles. The molecule has 8 nitrogen and oxygen atoms in total. The average Bonchev–Trinajstić information content (AvgIpc) is 3.52. The lowest BCUT2D eigenvalue weighted by atomic mass is 9.92. The molecular formula is C27H24FN5O3. The number of hydrogen-bond acceptors (Lipinski definition) is 7. The smallest absolute Gasteiger partial charge is 0.188 e. The van der Waals surface area contributed by atoms with Crippen LogP contribution in [0.3, 0.4) is 0 Å². The normalized spacial score (nSPS) is 13.8. The first-order chi connectivity index (χ1) is 17.7. The lowest BCUT2D eigenvalue weighted by Gasteiger charge is -2.41. The van der Waals surface area contributed by atoms with Crippen molar-refractivity contribution in [3.63, 3.8) is 0 Å². The number of nitrogens with zero attached hydrogens (tertiary/aromatic N) is 4. The molecule has 3 aromatic heterocycles. The summed E-state index contributed by atoms with van der Waals surface area (Å²) >= 11 is 0. The van der Waals surface area contributed by atoms with E-state index in [4.69, 9.17) is 14.0 Å². The zero-order chi connectivity index (χ0) is 24.5. The highest BCUT2D eigenvalue weighted by Gasteiger charge is 2.28. The second-order valence-corrected chi connectivity index (χ2v) is 8.75. The molecule has 4 heterocycles. The van der Waals surface area contributed by atoms with E-state index in [1.54, 1.807) is 19.4 Å². The van der Waals surface area contributed by atoms with Crippen molar-refractivity contribution in [1.29, 1.82) is 0 Å². The van der Waals surface area contributed by atoms with Gasteiger partial charge in [-0.2, -0.15) is 5.10 Å². The molecule has 0 saturated carbocycles. The Bertz CT molecular complexity index is 1480. The second kappa shape index (κ2) is 9.43. The minimum Gasteiger partial charge on any atom is -0.488 e. The molecule has 0 unspecified atom stereocenters. The van der Waals surface area contributed by atoms with Crippen LogP contribution in [0, 0.1) is 5.82 Å². The lowest BCUT2D eigenvalue weighted by molar-refractivity contribution is 0.144. The molecule has 1 saturated heterocycles. The molecule has 1 aliphatic rings. The number of rotatable bonds is 8. The number of aromatic nitrogens is 4. The fourth-order valence-electron chi connectivity index (χ4n) is 4.44. The highest BCUT2D eigenvalue weighted by Crippen LogP contribution is 2.35. The van der Waals surface area contributed by atoms with Gasteiger partial charge < -0.3 is 18.9 Å². The first-order valence-corrected chi connectivity index (χ1v) is 11.7. The van der Waals surface area contributed by atoms with Gasteiger partial charge in [0.25, 0.3) is 0 Å².